The summed E-state index contributed by atoms with van der Waals surface area (Å²) < 4.78 is 32.8. The zero-order valence-corrected chi connectivity index (χ0v) is 5.90. The van der Waals surface area contributed by atoms with Crippen LogP contribution >= 0.6 is 0 Å². The highest BCUT2D eigenvalue weighted by atomic mass is 127. The molecule has 0 radical (unpaired) electrons. The van der Waals surface area contributed by atoms with Gasteiger partial charge in [-0.2, -0.15) is 0 Å². The molecule has 6 heteroatoms. The van der Waals surface area contributed by atoms with Crippen molar-refractivity contribution in [2.75, 3.05) is 0 Å². The van der Waals surface area contributed by atoms with E-state index in [1.54, 1.807) is 0 Å². The Hall–Kier alpha value is 0.600. The molecule has 0 aromatic carbocycles. The highest BCUT2D eigenvalue weighted by molar-refractivity contribution is 7.79. The molecule has 0 aromatic rings. The summed E-state index contributed by atoms with van der Waals surface area (Å²) in [6.45, 7) is 0. The van der Waals surface area contributed by atoms with Crippen LogP contribution in [0.2, 0.25) is 0 Å². The Balaban J connectivity index is 0. The first-order chi connectivity index (χ1) is 2.00. The van der Waals surface area contributed by atoms with E-state index in [0.29, 0.717) is 0 Å². The second-order valence-electron chi connectivity index (χ2n) is 0.428. The first-order valence-corrected chi connectivity index (χ1v) is 2.05. The van der Waals surface area contributed by atoms with Crippen LogP contribution in [0.3, 0.4) is 0 Å². The summed E-state index contributed by atoms with van der Waals surface area (Å²) in [7, 11) is -4.92. The van der Waals surface area contributed by atoms with E-state index in [4.69, 9.17) is 17.5 Å². The third kappa shape index (κ3) is 166. The van der Waals surface area contributed by atoms with Gasteiger partial charge in [0.05, 0.1) is 0 Å². The highest BCUT2D eigenvalue weighted by Crippen LogP contribution is 1.58. The fourth-order valence-corrected chi connectivity index (χ4v) is 0. The molecule has 0 saturated carbocycles. The molecular weight excluding hydrogens is 223 g/mol. The Morgan fingerprint density at radius 1 is 1.50 bits per heavy atom. The lowest BCUT2D eigenvalue weighted by Crippen LogP contribution is -3.00. The van der Waals surface area contributed by atoms with E-state index >= 15 is 0 Å². The molecule has 0 aliphatic carbocycles. The summed E-state index contributed by atoms with van der Waals surface area (Å²) in [6.07, 6.45) is 0. The molecule has 6 heavy (non-hydrogen) atoms. The number of rotatable bonds is 0. The predicted molar refractivity (Wildman–Crippen MR) is 15.1 cm³/mol. The molecule has 0 unspecified atom stereocenters. The van der Waals surface area contributed by atoms with Gasteiger partial charge in [0.15, 0.2) is 0 Å². The van der Waals surface area contributed by atoms with Crippen molar-refractivity contribution in [1.29, 1.82) is 0 Å². The quantitative estimate of drug-likeness (QED) is 0.256. The van der Waals surface area contributed by atoms with Crippen LogP contribution in [-0.4, -0.2) is 17.5 Å². The Kier molecular flexibility index (Phi) is 4.43. The lowest BCUT2D eigenvalue weighted by Gasteiger charge is -1.88. The minimum absolute atomic E-state index is 0. The van der Waals surface area contributed by atoms with Crippen molar-refractivity contribution in [3.63, 3.8) is 0 Å². The largest absolute Gasteiger partial charge is 0.726 e. The molecule has 0 rings (SSSR count). The summed E-state index contributed by atoms with van der Waals surface area (Å²) in [5, 5.41) is 0. The average Bonchev–Trinajstić information content (AvgIpc) is 0.722. The SMILES string of the molecule is O=S(=O)([O-])O.[IH2+]. The molecule has 0 fully saturated rings. The van der Waals surface area contributed by atoms with Gasteiger partial charge < -0.3 is 4.55 Å². The van der Waals surface area contributed by atoms with Gasteiger partial charge in [-0.3, -0.25) is 4.55 Å². The van der Waals surface area contributed by atoms with Crippen molar-refractivity contribution in [2.45, 2.75) is 0 Å². The molecular formula is H3IO4S. The molecule has 1 N–H and O–H groups in total. The van der Waals surface area contributed by atoms with Gasteiger partial charge in [-0.15, -0.1) is 0 Å². The van der Waals surface area contributed by atoms with E-state index in [0.717, 1.165) is 0 Å². The minimum Gasteiger partial charge on any atom is -0.726 e. The maximum absolute atomic E-state index is 8.63. The molecule has 0 spiro atoms. The Morgan fingerprint density at radius 3 is 1.50 bits per heavy atom. The molecule has 0 aliphatic heterocycles. The van der Waals surface area contributed by atoms with Crippen LogP contribution in [0, 0.1) is 0 Å². The topological polar surface area (TPSA) is 77.4 Å². The van der Waals surface area contributed by atoms with Crippen molar-refractivity contribution in [3.05, 3.63) is 0 Å². The lowest BCUT2D eigenvalue weighted by atomic mass is 15.8. The smallest absolute Gasteiger partial charge is 0.235 e. The summed E-state index contributed by atoms with van der Waals surface area (Å²) in [5.41, 5.74) is 0. The van der Waals surface area contributed by atoms with E-state index in [2.05, 4.69) is 0 Å². The molecule has 0 saturated heterocycles. The van der Waals surface area contributed by atoms with Crippen LogP contribution in [-0.2, 0) is 10.4 Å². The molecule has 0 amide bonds. The van der Waals surface area contributed by atoms with E-state index in [1.807, 2.05) is 0 Å². The molecule has 0 heterocycles. The monoisotopic (exact) mass is 226 g/mol. The fourth-order valence-electron chi connectivity index (χ4n) is 0. The van der Waals surface area contributed by atoms with Crippen LogP contribution in [0.15, 0.2) is 0 Å². The van der Waals surface area contributed by atoms with E-state index in [-0.39, 0.29) is 24.0 Å². The fraction of sp³-hybridized carbons (Fsp3) is 0. The van der Waals surface area contributed by atoms with Crippen LogP contribution < -0.4 is 24.0 Å². The molecule has 4 nitrogen and oxygen atoms in total. The minimum atomic E-state index is -4.92. The van der Waals surface area contributed by atoms with Crippen molar-refractivity contribution in [2.24, 2.45) is 0 Å². The van der Waals surface area contributed by atoms with Crippen molar-refractivity contribution in [3.8, 4) is 0 Å². The third-order valence-corrected chi connectivity index (χ3v) is 0. The van der Waals surface area contributed by atoms with Gasteiger partial charge in [0.1, 0.15) is 0 Å². The van der Waals surface area contributed by atoms with Crippen LogP contribution in [0.4, 0.5) is 0 Å². The van der Waals surface area contributed by atoms with Gasteiger partial charge in [-0.05, 0) is 0 Å². The number of halogens is 1. The first kappa shape index (κ1) is 9.78. The highest BCUT2D eigenvalue weighted by Gasteiger charge is 1.67. The number of hydrogen-bond acceptors (Lipinski definition) is 3. The Labute approximate surface area is 52.1 Å². The van der Waals surface area contributed by atoms with Gasteiger partial charge in [0.25, 0.3) is 0 Å². The molecule has 0 aromatic heterocycles. The van der Waals surface area contributed by atoms with Crippen LogP contribution in [0.5, 0.6) is 0 Å². The second kappa shape index (κ2) is 2.72. The van der Waals surface area contributed by atoms with Gasteiger partial charge in [0.2, 0.25) is 34.4 Å². The molecule has 0 bridgehead atoms. The van der Waals surface area contributed by atoms with Gasteiger partial charge >= 0.3 is 0 Å². The van der Waals surface area contributed by atoms with Crippen molar-refractivity contribution in [1.82, 2.24) is 0 Å². The van der Waals surface area contributed by atoms with E-state index in [9.17, 15) is 0 Å². The molecule has 40 valence electrons. The molecule has 0 atom stereocenters. The van der Waals surface area contributed by atoms with Crippen LogP contribution in [0.1, 0.15) is 0 Å². The molecule has 0 aliphatic rings. The van der Waals surface area contributed by atoms with Crippen molar-refractivity contribution >= 4 is 10.4 Å². The van der Waals surface area contributed by atoms with E-state index in [1.165, 1.54) is 0 Å². The van der Waals surface area contributed by atoms with E-state index < -0.39 is 10.4 Å². The predicted octanol–water partition coefficient (Wildman–Crippen LogP) is -4.53. The van der Waals surface area contributed by atoms with Gasteiger partial charge in [0, 0.05) is 0 Å². The standard InChI is InChI=1S/H2I.H2O4S/c;1-5(2,3)4/h1H2;(H2,1,2,3,4)/q+1;/p-1. The van der Waals surface area contributed by atoms with Gasteiger partial charge in [-0.1, -0.05) is 0 Å². The van der Waals surface area contributed by atoms with Crippen molar-refractivity contribution < 1.29 is 41.5 Å². The first-order valence-electron chi connectivity index (χ1n) is 0.683. The summed E-state index contributed by atoms with van der Waals surface area (Å²) in [6, 6.07) is 0. The maximum atomic E-state index is 8.63. The Bertz CT molecular complexity index is 90.7. The summed E-state index contributed by atoms with van der Waals surface area (Å²) >= 11 is 0. The maximum Gasteiger partial charge on any atom is 0.235 e. The van der Waals surface area contributed by atoms with Crippen LogP contribution in [0.25, 0.3) is 0 Å². The zero-order chi connectivity index (χ0) is 4.50. The lowest BCUT2D eigenvalue weighted by molar-refractivity contribution is -0.00000809. The zero-order valence-electron chi connectivity index (χ0n) is 2.53. The Morgan fingerprint density at radius 2 is 1.50 bits per heavy atom. The number of hydrogen-bond donors (Lipinski definition) is 1. The van der Waals surface area contributed by atoms with Gasteiger partial charge in [-0.25, -0.2) is 8.42 Å². The third-order valence-electron chi connectivity index (χ3n) is 0. The average molecular weight is 226 g/mol. The summed E-state index contributed by atoms with van der Waals surface area (Å²) in [5.74, 6) is 0. The summed E-state index contributed by atoms with van der Waals surface area (Å²) in [4.78, 5) is 0. The normalized spacial score (nSPS) is 9.67. The second-order valence-corrected chi connectivity index (χ2v) is 1.28.